The predicted octanol–water partition coefficient (Wildman–Crippen LogP) is 2.06. The number of rotatable bonds is 6. The first-order chi connectivity index (χ1) is 10.1. The third kappa shape index (κ3) is 4.16. The summed E-state index contributed by atoms with van der Waals surface area (Å²) in [6, 6.07) is 9.50. The molecule has 0 saturated heterocycles. The van der Waals surface area contributed by atoms with Gasteiger partial charge in [-0.25, -0.2) is 4.98 Å². The van der Waals surface area contributed by atoms with E-state index in [4.69, 9.17) is 9.84 Å². The van der Waals surface area contributed by atoms with Crippen LogP contribution >= 0.6 is 15.9 Å². The summed E-state index contributed by atoms with van der Waals surface area (Å²) in [7, 11) is 0. The van der Waals surface area contributed by atoms with Gasteiger partial charge in [-0.2, -0.15) is 0 Å². The lowest BCUT2D eigenvalue weighted by Gasteiger charge is -2.09. The number of carboxylic acid groups (broad SMARTS) is 1. The number of hydrogen-bond donors (Lipinski definition) is 1. The fourth-order valence-corrected chi connectivity index (χ4v) is 2.10. The first-order valence-electron chi connectivity index (χ1n) is 6.21. The molecule has 0 atom stereocenters. The van der Waals surface area contributed by atoms with Crippen molar-refractivity contribution in [1.82, 2.24) is 9.55 Å². The monoisotopic (exact) mass is 352 g/mol. The highest BCUT2D eigenvalue weighted by Crippen LogP contribution is 2.18. The minimum absolute atomic E-state index is 0.0682. The van der Waals surface area contributed by atoms with Gasteiger partial charge in [-0.3, -0.25) is 14.2 Å². The number of carboxylic acids is 1. The fraction of sp³-hybridized carbons (Fsp3) is 0.214. The molecule has 7 heteroatoms. The number of aryl methyl sites for hydroxylation is 1. The molecular weight excluding hydrogens is 340 g/mol. The molecule has 0 aliphatic carbocycles. The van der Waals surface area contributed by atoms with E-state index in [9.17, 15) is 9.59 Å². The fourth-order valence-electron chi connectivity index (χ4n) is 1.65. The lowest BCUT2D eigenvalue weighted by molar-refractivity contribution is -0.137. The Morgan fingerprint density at radius 2 is 2.05 bits per heavy atom. The number of nitrogens with zero attached hydrogens (tertiary/aromatic N) is 2. The number of carbonyl (C=O) groups is 1. The molecule has 0 saturated carbocycles. The Morgan fingerprint density at radius 1 is 1.33 bits per heavy atom. The highest BCUT2D eigenvalue weighted by molar-refractivity contribution is 9.10. The first kappa shape index (κ1) is 15.2. The second kappa shape index (κ2) is 7.03. The molecule has 110 valence electrons. The Kier molecular flexibility index (Phi) is 5.10. The Morgan fingerprint density at radius 3 is 2.71 bits per heavy atom. The molecule has 0 amide bonds. The number of halogens is 1. The normalized spacial score (nSPS) is 10.3. The molecule has 6 nitrogen and oxygen atoms in total. The summed E-state index contributed by atoms with van der Waals surface area (Å²) in [5, 5.41) is 8.63. The molecule has 2 aromatic rings. The summed E-state index contributed by atoms with van der Waals surface area (Å²) in [6.45, 7) is 0.365. The van der Waals surface area contributed by atoms with E-state index in [0.29, 0.717) is 6.61 Å². The third-order valence-corrected chi connectivity index (χ3v) is 3.41. The smallest absolute Gasteiger partial charge is 0.305 e. The molecule has 0 bridgehead atoms. The average Bonchev–Trinajstić information content (AvgIpc) is 2.48. The van der Waals surface area contributed by atoms with Gasteiger partial charge in [0.05, 0.1) is 6.42 Å². The van der Waals surface area contributed by atoms with Crippen LogP contribution in [-0.4, -0.2) is 20.6 Å². The van der Waals surface area contributed by atoms with Gasteiger partial charge in [-0.05, 0) is 21.5 Å². The largest absolute Gasteiger partial charge is 0.481 e. The number of aliphatic carboxylic acids is 1. The minimum Gasteiger partial charge on any atom is -0.481 e. The van der Waals surface area contributed by atoms with Crippen molar-refractivity contribution in [2.24, 2.45) is 0 Å². The molecule has 0 aliphatic heterocycles. The van der Waals surface area contributed by atoms with Gasteiger partial charge in [0, 0.05) is 6.54 Å². The molecule has 0 fully saturated rings. The number of benzene rings is 1. The lowest BCUT2D eigenvalue weighted by Crippen LogP contribution is -2.23. The van der Waals surface area contributed by atoms with E-state index in [1.54, 1.807) is 0 Å². The van der Waals surface area contributed by atoms with Gasteiger partial charge in [0.2, 0.25) is 5.88 Å². The predicted molar refractivity (Wildman–Crippen MR) is 79.2 cm³/mol. The van der Waals surface area contributed by atoms with Gasteiger partial charge in [0.1, 0.15) is 17.4 Å². The van der Waals surface area contributed by atoms with E-state index in [2.05, 4.69) is 20.9 Å². The Balaban J connectivity index is 2.09. The SMILES string of the molecule is O=C(O)CCn1cnc(OCc2ccccc2)c(Br)c1=O. The summed E-state index contributed by atoms with van der Waals surface area (Å²) in [5.41, 5.74) is 0.593. The van der Waals surface area contributed by atoms with Crippen LogP contribution in [-0.2, 0) is 17.9 Å². The summed E-state index contributed by atoms with van der Waals surface area (Å²) in [5.74, 6) is -0.780. The zero-order valence-electron chi connectivity index (χ0n) is 11.0. The van der Waals surface area contributed by atoms with Crippen molar-refractivity contribution >= 4 is 21.9 Å². The van der Waals surface area contributed by atoms with Crippen LogP contribution in [0.2, 0.25) is 0 Å². The van der Waals surface area contributed by atoms with Crippen molar-refractivity contribution in [2.45, 2.75) is 19.6 Å². The highest BCUT2D eigenvalue weighted by atomic mass is 79.9. The van der Waals surface area contributed by atoms with Crippen LogP contribution in [0, 0.1) is 0 Å². The molecular formula is C14H13BrN2O4. The molecule has 0 radical (unpaired) electrons. The number of hydrogen-bond acceptors (Lipinski definition) is 4. The van der Waals surface area contributed by atoms with Crippen LogP contribution in [0.15, 0.2) is 45.9 Å². The van der Waals surface area contributed by atoms with Crippen molar-refractivity contribution < 1.29 is 14.6 Å². The molecule has 1 N–H and O–H groups in total. The van der Waals surface area contributed by atoms with Crippen LogP contribution in [0.4, 0.5) is 0 Å². The molecule has 1 heterocycles. The molecule has 21 heavy (non-hydrogen) atoms. The van der Waals surface area contributed by atoms with Gasteiger partial charge in [0.15, 0.2) is 0 Å². The average molecular weight is 353 g/mol. The molecule has 0 aliphatic rings. The zero-order chi connectivity index (χ0) is 15.2. The maximum absolute atomic E-state index is 12.0. The summed E-state index contributed by atoms with van der Waals surface area (Å²) >= 11 is 3.14. The minimum atomic E-state index is -0.970. The quantitative estimate of drug-likeness (QED) is 0.860. The van der Waals surface area contributed by atoms with Crippen molar-refractivity contribution in [2.75, 3.05) is 0 Å². The third-order valence-electron chi connectivity index (χ3n) is 2.74. The van der Waals surface area contributed by atoms with Crippen molar-refractivity contribution in [1.29, 1.82) is 0 Å². The maximum atomic E-state index is 12.0. The van der Waals surface area contributed by atoms with Crippen LogP contribution in [0.1, 0.15) is 12.0 Å². The van der Waals surface area contributed by atoms with E-state index < -0.39 is 5.97 Å². The summed E-state index contributed by atoms with van der Waals surface area (Å²) in [4.78, 5) is 26.6. The van der Waals surface area contributed by atoms with Crippen LogP contribution < -0.4 is 10.3 Å². The Labute approximate surface area is 129 Å². The van der Waals surface area contributed by atoms with Gasteiger partial charge in [-0.1, -0.05) is 30.3 Å². The second-order valence-electron chi connectivity index (χ2n) is 4.28. The van der Waals surface area contributed by atoms with Crippen molar-refractivity contribution in [3.63, 3.8) is 0 Å². The van der Waals surface area contributed by atoms with Crippen molar-refractivity contribution in [3.8, 4) is 5.88 Å². The molecule has 2 rings (SSSR count). The maximum Gasteiger partial charge on any atom is 0.305 e. The van der Waals surface area contributed by atoms with Crippen LogP contribution in [0.25, 0.3) is 0 Å². The van der Waals surface area contributed by atoms with Gasteiger partial charge in [-0.15, -0.1) is 0 Å². The van der Waals surface area contributed by atoms with E-state index >= 15 is 0 Å². The Hall–Kier alpha value is -2.15. The van der Waals surface area contributed by atoms with Crippen LogP contribution in [0.3, 0.4) is 0 Å². The standard InChI is InChI=1S/C14H13BrN2O4/c15-12-13(21-8-10-4-2-1-3-5-10)16-9-17(14(12)20)7-6-11(18)19/h1-5,9H,6-8H2,(H,18,19). The molecule has 1 aromatic heterocycles. The van der Waals surface area contributed by atoms with E-state index in [-0.39, 0.29) is 28.9 Å². The summed E-state index contributed by atoms with van der Waals surface area (Å²) in [6.07, 6.45) is 1.15. The number of ether oxygens (including phenoxy) is 1. The lowest BCUT2D eigenvalue weighted by atomic mass is 10.2. The zero-order valence-corrected chi connectivity index (χ0v) is 12.6. The molecule has 1 aromatic carbocycles. The topological polar surface area (TPSA) is 81.4 Å². The summed E-state index contributed by atoms with van der Waals surface area (Å²) < 4.78 is 6.91. The second-order valence-corrected chi connectivity index (χ2v) is 5.07. The molecule has 0 spiro atoms. The van der Waals surface area contributed by atoms with E-state index in [1.807, 2.05) is 30.3 Å². The van der Waals surface area contributed by atoms with Gasteiger partial charge in [0.25, 0.3) is 5.56 Å². The highest BCUT2D eigenvalue weighted by Gasteiger charge is 2.11. The van der Waals surface area contributed by atoms with E-state index in [0.717, 1.165) is 5.56 Å². The number of aromatic nitrogens is 2. The molecule has 0 unspecified atom stereocenters. The van der Waals surface area contributed by atoms with Crippen LogP contribution in [0.5, 0.6) is 5.88 Å². The van der Waals surface area contributed by atoms with Gasteiger partial charge < -0.3 is 9.84 Å². The van der Waals surface area contributed by atoms with Crippen molar-refractivity contribution in [3.05, 3.63) is 57.0 Å². The van der Waals surface area contributed by atoms with Gasteiger partial charge >= 0.3 is 5.97 Å². The Bertz CT molecular complexity index is 685. The first-order valence-corrected chi connectivity index (χ1v) is 7.00. The van der Waals surface area contributed by atoms with E-state index in [1.165, 1.54) is 10.9 Å².